The third kappa shape index (κ3) is 6.72. The van der Waals surface area contributed by atoms with Gasteiger partial charge >= 0.3 is 21.1 Å². The zero-order chi connectivity index (χ0) is 30.5. The summed E-state index contributed by atoms with van der Waals surface area (Å²) in [7, 11) is -1.60. The number of rotatable bonds is 11. The normalized spacial score (nSPS) is 28.3. The van der Waals surface area contributed by atoms with Crippen LogP contribution in [0, 0.1) is 5.92 Å². The molecule has 1 aromatic carbocycles. The van der Waals surface area contributed by atoms with Crippen LogP contribution in [0.15, 0.2) is 24.3 Å². The van der Waals surface area contributed by atoms with Crippen molar-refractivity contribution in [3.05, 3.63) is 24.3 Å². The average Bonchev–Trinajstić information content (AvgIpc) is 3.31. The predicted molar refractivity (Wildman–Crippen MR) is 163 cm³/mol. The minimum absolute atomic E-state index is 0.366. The maximum atomic E-state index is 6.52. The fraction of sp³-hybridized carbons (Fsp3) is 0.800. The third-order valence-electron chi connectivity index (χ3n) is 9.96. The Labute approximate surface area is 249 Å². The maximum absolute atomic E-state index is 6.52. The van der Waals surface area contributed by atoms with Crippen LogP contribution < -0.4 is 10.2 Å². The summed E-state index contributed by atoms with van der Waals surface area (Å²) in [6.45, 7) is 26.5. The van der Waals surface area contributed by atoms with Gasteiger partial charge < -0.3 is 37.4 Å². The Morgan fingerprint density at radius 2 is 1.15 bits per heavy atom. The van der Waals surface area contributed by atoms with Crippen LogP contribution in [0.25, 0.3) is 0 Å². The lowest BCUT2D eigenvalue weighted by molar-refractivity contribution is -0.0287. The van der Waals surface area contributed by atoms with E-state index >= 15 is 0 Å². The smallest absolute Gasteiger partial charge is 0.492 e. The van der Waals surface area contributed by atoms with Gasteiger partial charge in [-0.15, -0.1) is 0 Å². The summed E-state index contributed by atoms with van der Waals surface area (Å²) in [5.41, 5.74) is -1.76. The summed E-state index contributed by atoms with van der Waals surface area (Å²) >= 11 is 0. The van der Waals surface area contributed by atoms with Crippen LogP contribution in [0.4, 0.5) is 0 Å². The lowest BCUT2D eigenvalue weighted by Gasteiger charge is -2.38. The average molecular weight is 572 g/mol. The molecule has 3 aliphatic heterocycles. The fourth-order valence-corrected chi connectivity index (χ4v) is 5.38. The van der Waals surface area contributed by atoms with Crippen LogP contribution in [-0.4, -0.2) is 74.6 Å². The fourth-order valence-electron chi connectivity index (χ4n) is 5.38. The quantitative estimate of drug-likeness (QED) is 0.270. The Morgan fingerprint density at radius 3 is 1.76 bits per heavy atom. The molecule has 0 N–H and O–H groups in total. The lowest BCUT2D eigenvalue weighted by atomic mass is 9.49. The molecule has 3 heterocycles. The number of benzene rings is 1. The topological polar surface area (TPSA) is 73.8 Å². The van der Waals surface area contributed by atoms with Gasteiger partial charge in [0.05, 0.1) is 40.2 Å². The van der Waals surface area contributed by atoms with Crippen molar-refractivity contribution >= 4 is 26.6 Å². The molecule has 1 aromatic rings. The lowest BCUT2D eigenvalue weighted by Crippen LogP contribution is -2.46. The van der Waals surface area contributed by atoms with Crippen LogP contribution in [0.2, 0.25) is 0 Å². The standard InChI is InChI=1S/C30H51B3O8/c1-22(21-30(12)29(10,11)40-33(41-30)32-38-27(6,7)28(8,9)39-32)17-18-34-19-20-35-24-16-14-13-15-23(24)31-36-25(2,3)26(4,5)37-31/h13-16,22H,17-21H2,1-12H3. The monoisotopic (exact) mass is 572 g/mol. The van der Waals surface area contributed by atoms with Crippen molar-refractivity contribution in [1.29, 1.82) is 0 Å². The van der Waals surface area contributed by atoms with E-state index in [9.17, 15) is 0 Å². The number of ether oxygens (including phenoxy) is 2. The van der Waals surface area contributed by atoms with E-state index in [-0.39, 0.29) is 0 Å². The van der Waals surface area contributed by atoms with E-state index in [0.29, 0.717) is 25.7 Å². The van der Waals surface area contributed by atoms with Crippen molar-refractivity contribution in [2.45, 2.75) is 130 Å². The van der Waals surface area contributed by atoms with Crippen molar-refractivity contribution in [2.24, 2.45) is 5.92 Å². The Balaban J connectivity index is 1.21. The van der Waals surface area contributed by atoms with Gasteiger partial charge in [0.1, 0.15) is 12.4 Å². The summed E-state index contributed by atoms with van der Waals surface area (Å²) in [5, 5.41) is 0. The minimum Gasteiger partial charge on any atom is -0.492 e. The maximum Gasteiger partial charge on any atom is 0.498 e. The van der Waals surface area contributed by atoms with Gasteiger partial charge in [-0.05, 0) is 101 Å². The molecule has 11 heteroatoms. The van der Waals surface area contributed by atoms with Crippen LogP contribution in [0.5, 0.6) is 5.75 Å². The summed E-state index contributed by atoms with van der Waals surface area (Å²) in [4.78, 5) is 0. The van der Waals surface area contributed by atoms with E-state index in [1.807, 2.05) is 52.0 Å². The number of hydrogen-bond acceptors (Lipinski definition) is 8. The molecular formula is C30H51B3O8. The highest BCUT2D eigenvalue weighted by Crippen LogP contribution is 2.46. The first-order valence-corrected chi connectivity index (χ1v) is 15.2. The molecule has 41 heavy (non-hydrogen) atoms. The first kappa shape index (κ1) is 32.8. The SMILES string of the molecule is CC(CCOCCOc1ccccc1B1OC(C)(C)C(C)(C)O1)CC1(C)OB(B2OC(C)(C)C(C)(C)O2)OC1(C)C. The molecule has 0 amide bonds. The molecule has 0 saturated carbocycles. The first-order valence-electron chi connectivity index (χ1n) is 15.2. The molecule has 0 radical (unpaired) electrons. The molecule has 2 atom stereocenters. The van der Waals surface area contributed by atoms with E-state index in [4.69, 9.17) is 37.4 Å². The summed E-state index contributed by atoms with van der Waals surface area (Å²) in [5.74, 6) is 1.12. The van der Waals surface area contributed by atoms with E-state index in [1.165, 1.54) is 0 Å². The molecule has 4 rings (SSSR count). The summed E-state index contributed by atoms with van der Waals surface area (Å²) in [6.07, 6.45) is 1.73. The molecule has 2 unspecified atom stereocenters. The van der Waals surface area contributed by atoms with Crippen LogP contribution in [0.3, 0.4) is 0 Å². The minimum atomic E-state index is -0.572. The molecule has 0 aliphatic carbocycles. The highest BCUT2D eigenvalue weighted by molar-refractivity contribution is 7.11. The molecule has 8 nitrogen and oxygen atoms in total. The number of para-hydroxylation sites is 1. The highest BCUT2D eigenvalue weighted by Gasteiger charge is 2.65. The van der Waals surface area contributed by atoms with E-state index < -0.39 is 54.7 Å². The Bertz CT molecular complexity index is 1030. The van der Waals surface area contributed by atoms with Crippen molar-refractivity contribution in [2.75, 3.05) is 19.8 Å². The van der Waals surface area contributed by atoms with E-state index in [1.54, 1.807) is 0 Å². The highest BCUT2D eigenvalue weighted by atomic mass is 16.7. The summed E-state index contributed by atoms with van der Waals surface area (Å²) in [6, 6.07) is 7.88. The molecule has 0 aromatic heterocycles. The first-order chi connectivity index (χ1) is 18.8. The predicted octanol–water partition coefficient (Wildman–Crippen LogP) is 5.04. The zero-order valence-corrected chi connectivity index (χ0v) is 27.4. The van der Waals surface area contributed by atoms with Gasteiger partial charge in [0.2, 0.25) is 0 Å². The molecule has 0 spiro atoms. The second-order valence-electron chi connectivity index (χ2n) is 14.7. The largest absolute Gasteiger partial charge is 0.498 e. The van der Waals surface area contributed by atoms with Gasteiger partial charge in [0.15, 0.2) is 0 Å². The number of hydrogen-bond donors (Lipinski definition) is 0. The molecular weight excluding hydrogens is 521 g/mol. The summed E-state index contributed by atoms with van der Waals surface area (Å²) < 4.78 is 49.8. The molecule has 228 valence electrons. The van der Waals surface area contributed by atoms with Gasteiger partial charge in [-0.3, -0.25) is 0 Å². The molecule has 3 saturated heterocycles. The van der Waals surface area contributed by atoms with E-state index in [2.05, 4.69) is 55.4 Å². The van der Waals surface area contributed by atoms with Crippen molar-refractivity contribution < 1.29 is 37.4 Å². The van der Waals surface area contributed by atoms with Crippen molar-refractivity contribution in [1.82, 2.24) is 0 Å². The van der Waals surface area contributed by atoms with Crippen molar-refractivity contribution in [3.8, 4) is 5.75 Å². The van der Waals surface area contributed by atoms with Gasteiger partial charge in [-0.1, -0.05) is 25.1 Å². The van der Waals surface area contributed by atoms with E-state index in [0.717, 1.165) is 24.1 Å². The van der Waals surface area contributed by atoms with Gasteiger partial charge in [-0.2, -0.15) is 0 Å². The second-order valence-corrected chi connectivity index (χ2v) is 14.7. The molecule has 0 bridgehead atoms. The zero-order valence-electron chi connectivity index (χ0n) is 27.4. The van der Waals surface area contributed by atoms with Gasteiger partial charge in [0, 0.05) is 12.1 Å². The Kier molecular flexibility index (Phi) is 9.18. The van der Waals surface area contributed by atoms with Crippen LogP contribution in [-0.2, 0) is 32.7 Å². The second kappa shape index (κ2) is 11.5. The molecule has 3 fully saturated rings. The van der Waals surface area contributed by atoms with Crippen molar-refractivity contribution in [3.63, 3.8) is 0 Å². The third-order valence-corrected chi connectivity index (χ3v) is 9.96. The van der Waals surface area contributed by atoms with Gasteiger partial charge in [0.25, 0.3) is 0 Å². The van der Waals surface area contributed by atoms with Crippen LogP contribution >= 0.6 is 0 Å². The van der Waals surface area contributed by atoms with Gasteiger partial charge in [-0.25, -0.2) is 0 Å². The Morgan fingerprint density at radius 1 is 0.634 bits per heavy atom. The van der Waals surface area contributed by atoms with Crippen LogP contribution in [0.1, 0.15) is 95.9 Å². The molecule has 3 aliphatic rings. The Hall–Kier alpha value is -1.07.